The molecule has 0 atom stereocenters. The highest BCUT2D eigenvalue weighted by molar-refractivity contribution is 5.28. The Balaban J connectivity index is 2.35. The van der Waals surface area contributed by atoms with Crippen molar-refractivity contribution < 1.29 is 0 Å². The maximum Gasteiger partial charge on any atom is 0.342 e. The first kappa shape index (κ1) is 8.30. The van der Waals surface area contributed by atoms with Crippen molar-refractivity contribution in [3.8, 4) is 0 Å². The maximum absolute atomic E-state index is 11.2. The van der Waals surface area contributed by atoms with Crippen molar-refractivity contribution in [1.29, 1.82) is 0 Å². The Morgan fingerprint density at radius 3 is 2.64 bits per heavy atom. The summed E-state index contributed by atoms with van der Waals surface area (Å²) in [4.78, 5) is 23.8. The number of nitrogens with zero attached hydrogens (tertiary/aromatic N) is 2. The number of hydrogen-bond acceptors (Lipinski definition) is 4. The lowest BCUT2D eigenvalue weighted by atomic mass is 10.7. The molecular weight excluding hydrogens is 186 g/mol. The minimum atomic E-state index is -0.631. The van der Waals surface area contributed by atoms with Crippen LogP contribution in [-0.4, -0.2) is 19.9 Å². The topological polar surface area (TPSA) is 95.6 Å². The SMILES string of the molecule is O=c1[nH]nc(Nn2cccc2)c(=O)[nH]1. The van der Waals surface area contributed by atoms with Crippen molar-refractivity contribution in [2.75, 3.05) is 5.43 Å². The molecule has 0 fully saturated rings. The Labute approximate surface area is 77.4 Å². The van der Waals surface area contributed by atoms with Crippen LogP contribution in [0.3, 0.4) is 0 Å². The summed E-state index contributed by atoms with van der Waals surface area (Å²) in [5, 5.41) is 5.66. The van der Waals surface area contributed by atoms with Gasteiger partial charge in [0.05, 0.1) is 0 Å². The van der Waals surface area contributed by atoms with Gasteiger partial charge in [-0.3, -0.25) is 19.9 Å². The van der Waals surface area contributed by atoms with E-state index in [2.05, 4.69) is 15.6 Å². The average molecular weight is 193 g/mol. The molecule has 14 heavy (non-hydrogen) atoms. The first-order chi connectivity index (χ1) is 6.75. The Morgan fingerprint density at radius 1 is 1.29 bits per heavy atom. The normalized spacial score (nSPS) is 10.0. The third kappa shape index (κ3) is 1.56. The highest BCUT2D eigenvalue weighted by Crippen LogP contribution is 1.91. The van der Waals surface area contributed by atoms with Crippen LogP contribution in [0.2, 0.25) is 0 Å². The zero-order valence-corrected chi connectivity index (χ0v) is 7.02. The van der Waals surface area contributed by atoms with Crippen LogP contribution in [0, 0.1) is 0 Å². The summed E-state index contributed by atoms with van der Waals surface area (Å²) >= 11 is 0. The van der Waals surface area contributed by atoms with E-state index in [1.165, 1.54) is 4.68 Å². The number of rotatable bonds is 2. The van der Waals surface area contributed by atoms with Gasteiger partial charge in [-0.25, -0.2) is 9.89 Å². The smallest absolute Gasteiger partial charge is 0.272 e. The second-order valence-electron chi connectivity index (χ2n) is 2.56. The van der Waals surface area contributed by atoms with Gasteiger partial charge in [-0.2, -0.15) is 0 Å². The van der Waals surface area contributed by atoms with Gasteiger partial charge in [0.2, 0.25) is 5.82 Å². The molecule has 0 aromatic carbocycles. The Hall–Kier alpha value is -2.31. The molecule has 2 aromatic rings. The first-order valence-electron chi connectivity index (χ1n) is 3.85. The van der Waals surface area contributed by atoms with Crippen LogP contribution in [0.4, 0.5) is 5.82 Å². The van der Waals surface area contributed by atoms with Crippen molar-refractivity contribution in [2.24, 2.45) is 0 Å². The fraction of sp³-hybridized carbons (Fsp3) is 0. The molecule has 0 bridgehead atoms. The van der Waals surface area contributed by atoms with Crippen LogP contribution >= 0.6 is 0 Å². The van der Waals surface area contributed by atoms with E-state index in [4.69, 9.17) is 0 Å². The number of aromatic amines is 2. The van der Waals surface area contributed by atoms with Crippen LogP contribution in [0.25, 0.3) is 0 Å². The van der Waals surface area contributed by atoms with Gasteiger partial charge in [-0.15, -0.1) is 5.10 Å². The lowest BCUT2D eigenvalue weighted by Gasteiger charge is -2.03. The standard InChI is InChI=1S/C7H7N5O2/c13-6-5(9-10-7(14)8-6)11-12-3-1-2-4-12/h1-4H,(H,9,11)(H2,8,10,13,14). The van der Waals surface area contributed by atoms with Gasteiger partial charge in [-0.1, -0.05) is 0 Å². The fourth-order valence-electron chi connectivity index (χ4n) is 0.955. The average Bonchev–Trinajstić information content (AvgIpc) is 2.62. The second-order valence-corrected chi connectivity index (χ2v) is 2.56. The summed E-state index contributed by atoms with van der Waals surface area (Å²) in [6.07, 6.45) is 3.40. The molecule has 0 spiro atoms. The minimum absolute atomic E-state index is 0.0285. The summed E-state index contributed by atoms with van der Waals surface area (Å²) in [5.41, 5.74) is 1.47. The Kier molecular flexibility index (Phi) is 1.90. The maximum atomic E-state index is 11.2. The number of aromatic nitrogens is 4. The molecule has 72 valence electrons. The van der Waals surface area contributed by atoms with E-state index >= 15 is 0 Å². The number of anilines is 1. The first-order valence-corrected chi connectivity index (χ1v) is 3.85. The van der Waals surface area contributed by atoms with Gasteiger partial charge in [0, 0.05) is 12.4 Å². The number of nitrogens with one attached hydrogen (secondary N) is 3. The van der Waals surface area contributed by atoms with E-state index in [-0.39, 0.29) is 5.82 Å². The third-order valence-electron chi connectivity index (χ3n) is 1.55. The molecule has 0 radical (unpaired) electrons. The van der Waals surface area contributed by atoms with E-state index < -0.39 is 11.2 Å². The molecule has 0 saturated carbocycles. The summed E-state index contributed by atoms with van der Waals surface area (Å²) in [6.45, 7) is 0. The molecular formula is C7H7N5O2. The lowest BCUT2D eigenvalue weighted by molar-refractivity contribution is 0.853. The predicted octanol–water partition coefficient (Wildman–Crippen LogP) is -0.865. The fourth-order valence-corrected chi connectivity index (χ4v) is 0.955. The summed E-state index contributed by atoms with van der Waals surface area (Å²) in [7, 11) is 0. The highest BCUT2D eigenvalue weighted by atomic mass is 16.2. The van der Waals surface area contributed by atoms with E-state index in [0.29, 0.717) is 0 Å². The zero-order valence-electron chi connectivity index (χ0n) is 7.02. The van der Waals surface area contributed by atoms with Crippen LogP contribution in [0.5, 0.6) is 0 Å². The second kappa shape index (κ2) is 3.21. The molecule has 2 aromatic heterocycles. The minimum Gasteiger partial charge on any atom is -0.272 e. The van der Waals surface area contributed by atoms with Crippen molar-refractivity contribution in [3.05, 3.63) is 45.4 Å². The van der Waals surface area contributed by atoms with Crippen LogP contribution in [0.15, 0.2) is 34.1 Å². The molecule has 0 aliphatic carbocycles. The molecule has 3 N–H and O–H groups in total. The molecule has 0 saturated heterocycles. The van der Waals surface area contributed by atoms with Crippen molar-refractivity contribution >= 4 is 5.82 Å². The van der Waals surface area contributed by atoms with Gasteiger partial charge in [0.15, 0.2) is 0 Å². The molecule has 2 heterocycles. The molecule has 7 nitrogen and oxygen atoms in total. The zero-order chi connectivity index (χ0) is 9.97. The lowest BCUT2D eigenvalue weighted by Crippen LogP contribution is -2.28. The largest absolute Gasteiger partial charge is 0.342 e. The summed E-state index contributed by atoms with van der Waals surface area (Å²) in [6, 6.07) is 3.57. The number of hydrogen-bond donors (Lipinski definition) is 3. The van der Waals surface area contributed by atoms with Gasteiger partial charge in [0.1, 0.15) is 0 Å². The molecule has 7 heteroatoms. The molecule has 0 unspecified atom stereocenters. The van der Waals surface area contributed by atoms with E-state index in [0.717, 1.165) is 0 Å². The van der Waals surface area contributed by atoms with E-state index in [9.17, 15) is 9.59 Å². The van der Waals surface area contributed by atoms with Crippen LogP contribution < -0.4 is 16.7 Å². The van der Waals surface area contributed by atoms with Crippen molar-refractivity contribution in [1.82, 2.24) is 19.9 Å². The number of H-pyrrole nitrogens is 2. The molecule has 0 aliphatic heterocycles. The van der Waals surface area contributed by atoms with Crippen molar-refractivity contribution in [2.45, 2.75) is 0 Å². The van der Waals surface area contributed by atoms with E-state index in [1.807, 2.05) is 4.98 Å². The summed E-state index contributed by atoms with van der Waals surface area (Å²) in [5.74, 6) is 0.0285. The van der Waals surface area contributed by atoms with Gasteiger partial charge in [0.25, 0.3) is 5.56 Å². The molecule has 2 rings (SSSR count). The van der Waals surface area contributed by atoms with Crippen LogP contribution in [0.1, 0.15) is 0 Å². The van der Waals surface area contributed by atoms with E-state index in [1.54, 1.807) is 24.5 Å². The molecule has 0 aliphatic rings. The van der Waals surface area contributed by atoms with Gasteiger partial charge in [-0.05, 0) is 12.1 Å². The Morgan fingerprint density at radius 2 is 2.00 bits per heavy atom. The molecule has 0 amide bonds. The monoisotopic (exact) mass is 193 g/mol. The summed E-state index contributed by atoms with van der Waals surface area (Å²) < 4.78 is 1.54. The van der Waals surface area contributed by atoms with Gasteiger partial charge >= 0.3 is 5.69 Å². The third-order valence-corrected chi connectivity index (χ3v) is 1.55. The Bertz CT molecular complexity index is 524. The quantitative estimate of drug-likeness (QED) is 0.578. The van der Waals surface area contributed by atoms with Gasteiger partial charge < -0.3 is 0 Å². The van der Waals surface area contributed by atoms with Crippen molar-refractivity contribution in [3.63, 3.8) is 0 Å². The highest BCUT2D eigenvalue weighted by Gasteiger charge is 2.00. The van der Waals surface area contributed by atoms with Crippen LogP contribution in [-0.2, 0) is 0 Å². The predicted molar refractivity (Wildman–Crippen MR) is 48.9 cm³/mol.